The average Bonchev–Trinajstić information content (AvgIpc) is 3.15. The monoisotopic (exact) mass is 391 g/mol. The van der Waals surface area contributed by atoms with Gasteiger partial charge >= 0.3 is 5.69 Å². The van der Waals surface area contributed by atoms with Crippen molar-refractivity contribution >= 4 is 22.8 Å². The second-order valence-electron chi connectivity index (χ2n) is 6.47. The molecule has 0 aliphatic carbocycles. The molecule has 0 unspecified atom stereocenters. The maximum absolute atomic E-state index is 12.5. The average molecular weight is 391 g/mol. The molecule has 0 spiro atoms. The van der Waals surface area contributed by atoms with Gasteiger partial charge in [0.1, 0.15) is 12.9 Å². The van der Waals surface area contributed by atoms with Crippen molar-refractivity contribution in [2.75, 3.05) is 5.32 Å². The summed E-state index contributed by atoms with van der Waals surface area (Å²) in [6.45, 7) is -0.113. The van der Waals surface area contributed by atoms with Crippen molar-refractivity contribution in [2.24, 2.45) is 14.1 Å². The quantitative estimate of drug-likeness (QED) is 0.542. The molecule has 0 saturated heterocycles. The van der Waals surface area contributed by atoms with E-state index in [1.807, 2.05) is 12.1 Å². The molecule has 0 saturated carbocycles. The lowest BCUT2D eigenvalue weighted by Gasteiger charge is -2.08. The van der Waals surface area contributed by atoms with Crippen molar-refractivity contribution in [3.05, 3.63) is 70.0 Å². The molecule has 3 aromatic heterocycles. The zero-order valence-electron chi connectivity index (χ0n) is 15.7. The van der Waals surface area contributed by atoms with Crippen molar-refractivity contribution in [1.82, 2.24) is 28.7 Å². The molecule has 1 amide bonds. The SMILES string of the molecule is Cn1c(=O)c2c(ncn2CC(=O)Nc2ccc(-c3ccncn3)cc2)n(C)c1=O. The van der Waals surface area contributed by atoms with Gasteiger partial charge in [-0.05, 0) is 18.2 Å². The minimum Gasteiger partial charge on any atom is -0.325 e. The summed E-state index contributed by atoms with van der Waals surface area (Å²) in [4.78, 5) is 49.1. The van der Waals surface area contributed by atoms with Gasteiger partial charge in [-0.3, -0.25) is 18.7 Å². The molecule has 10 heteroatoms. The van der Waals surface area contributed by atoms with Crippen LogP contribution in [0.3, 0.4) is 0 Å². The molecule has 3 heterocycles. The second kappa shape index (κ2) is 7.15. The van der Waals surface area contributed by atoms with Crippen LogP contribution >= 0.6 is 0 Å². The van der Waals surface area contributed by atoms with E-state index in [4.69, 9.17) is 0 Å². The minimum atomic E-state index is -0.498. The van der Waals surface area contributed by atoms with Crippen molar-refractivity contribution in [3.63, 3.8) is 0 Å². The van der Waals surface area contributed by atoms with Crippen LogP contribution in [0.4, 0.5) is 5.69 Å². The smallest absolute Gasteiger partial charge is 0.325 e. The number of fused-ring (bicyclic) bond motifs is 1. The lowest BCUT2D eigenvalue weighted by atomic mass is 10.1. The summed E-state index contributed by atoms with van der Waals surface area (Å²) < 4.78 is 3.70. The lowest BCUT2D eigenvalue weighted by Crippen LogP contribution is -2.37. The van der Waals surface area contributed by atoms with Crippen LogP contribution in [0.1, 0.15) is 0 Å². The predicted molar refractivity (Wildman–Crippen MR) is 106 cm³/mol. The highest BCUT2D eigenvalue weighted by atomic mass is 16.2. The summed E-state index contributed by atoms with van der Waals surface area (Å²) >= 11 is 0. The number of hydrogen-bond acceptors (Lipinski definition) is 6. The molecule has 0 radical (unpaired) electrons. The molecule has 0 atom stereocenters. The first-order valence-corrected chi connectivity index (χ1v) is 8.73. The number of amides is 1. The van der Waals surface area contributed by atoms with Crippen LogP contribution in [0, 0.1) is 0 Å². The number of nitrogens with one attached hydrogen (secondary N) is 1. The van der Waals surface area contributed by atoms with Gasteiger partial charge in [0.15, 0.2) is 11.2 Å². The second-order valence-corrected chi connectivity index (χ2v) is 6.47. The number of imidazole rings is 1. The van der Waals surface area contributed by atoms with Crippen LogP contribution in [0.25, 0.3) is 22.4 Å². The van der Waals surface area contributed by atoms with E-state index in [-0.39, 0.29) is 23.6 Å². The van der Waals surface area contributed by atoms with Crippen molar-refractivity contribution in [2.45, 2.75) is 6.54 Å². The standard InChI is InChI=1S/C19H17N7O3/c1-24-17-16(18(28)25(2)19(24)29)26(11-22-17)9-15(27)23-13-5-3-12(4-6-13)14-7-8-20-10-21-14/h3-8,10-11H,9H2,1-2H3,(H,23,27). The van der Waals surface area contributed by atoms with Crippen molar-refractivity contribution < 1.29 is 4.79 Å². The number of anilines is 1. The fourth-order valence-corrected chi connectivity index (χ4v) is 3.06. The predicted octanol–water partition coefficient (Wildman–Crippen LogP) is 0.529. The van der Waals surface area contributed by atoms with E-state index >= 15 is 0 Å². The Morgan fingerprint density at radius 3 is 2.48 bits per heavy atom. The van der Waals surface area contributed by atoms with Gasteiger partial charge in [0.25, 0.3) is 5.56 Å². The number of benzene rings is 1. The number of carbonyl (C=O) groups is 1. The molecular formula is C19H17N7O3. The normalized spacial score (nSPS) is 11.0. The summed E-state index contributed by atoms with van der Waals surface area (Å²) in [5.41, 5.74) is 1.75. The molecule has 1 aromatic carbocycles. The maximum Gasteiger partial charge on any atom is 0.332 e. The summed E-state index contributed by atoms with van der Waals surface area (Å²) in [7, 11) is 2.92. The first-order valence-electron chi connectivity index (χ1n) is 8.73. The third-order valence-corrected chi connectivity index (χ3v) is 4.58. The molecule has 4 rings (SSSR count). The van der Waals surface area contributed by atoms with E-state index in [1.165, 1.54) is 35.9 Å². The fourth-order valence-electron chi connectivity index (χ4n) is 3.06. The Morgan fingerprint density at radius 1 is 1.03 bits per heavy atom. The Morgan fingerprint density at radius 2 is 1.79 bits per heavy atom. The molecule has 0 aliphatic rings. The van der Waals surface area contributed by atoms with Crippen LogP contribution in [-0.2, 0) is 25.4 Å². The number of carbonyl (C=O) groups excluding carboxylic acids is 1. The number of aromatic nitrogens is 6. The Balaban J connectivity index is 1.55. The molecule has 4 aromatic rings. The van der Waals surface area contributed by atoms with Crippen LogP contribution < -0.4 is 16.6 Å². The van der Waals surface area contributed by atoms with E-state index in [0.29, 0.717) is 5.69 Å². The van der Waals surface area contributed by atoms with Gasteiger partial charge in [-0.2, -0.15) is 0 Å². The van der Waals surface area contributed by atoms with E-state index < -0.39 is 11.2 Å². The Bertz CT molecular complexity index is 1320. The van der Waals surface area contributed by atoms with Gasteiger partial charge in [-0.1, -0.05) is 12.1 Å². The van der Waals surface area contributed by atoms with Gasteiger partial charge in [-0.15, -0.1) is 0 Å². The van der Waals surface area contributed by atoms with Crippen LogP contribution in [0.5, 0.6) is 0 Å². The van der Waals surface area contributed by atoms with E-state index in [0.717, 1.165) is 15.8 Å². The molecule has 0 fully saturated rings. The van der Waals surface area contributed by atoms with Gasteiger partial charge in [0, 0.05) is 31.5 Å². The third kappa shape index (κ3) is 3.31. The molecule has 146 valence electrons. The summed E-state index contributed by atoms with van der Waals surface area (Å²) in [5, 5.41) is 2.79. The van der Waals surface area contributed by atoms with Crippen molar-refractivity contribution in [1.29, 1.82) is 0 Å². The highest BCUT2D eigenvalue weighted by Crippen LogP contribution is 2.18. The Hall–Kier alpha value is -4.08. The first kappa shape index (κ1) is 18.3. The number of rotatable bonds is 4. The largest absolute Gasteiger partial charge is 0.332 e. The van der Waals surface area contributed by atoms with Crippen LogP contribution in [-0.4, -0.2) is 34.6 Å². The number of aryl methyl sites for hydroxylation is 1. The van der Waals surface area contributed by atoms with E-state index in [9.17, 15) is 14.4 Å². The van der Waals surface area contributed by atoms with Crippen molar-refractivity contribution in [3.8, 4) is 11.3 Å². The third-order valence-electron chi connectivity index (χ3n) is 4.58. The summed E-state index contributed by atoms with van der Waals surface area (Å²) in [6, 6.07) is 9.02. The Labute approximate surface area is 164 Å². The first-order chi connectivity index (χ1) is 14.0. The zero-order chi connectivity index (χ0) is 20.5. The van der Waals surface area contributed by atoms with Gasteiger partial charge in [0.05, 0.1) is 12.0 Å². The minimum absolute atomic E-state index is 0.113. The van der Waals surface area contributed by atoms with Gasteiger partial charge in [0.2, 0.25) is 5.91 Å². The lowest BCUT2D eigenvalue weighted by molar-refractivity contribution is -0.116. The highest BCUT2D eigenvalue weighted by molar-refractivity contribution is 5.91. The number of hydrogen-bond donors (Lipinski definition) is 1. The van der Waals surface area contributed by atoms with Crippen LogP contribution in [0.2, 0.25) is 0 Å². The summed E-state index contributed by atoms with van der Waals surface area (Å²) in [6.07, 6.45) is 4.51. The number of nitrogens with zero attached hydrogens (tertiary/aromatic N) is 6. The van der Waals surface area contributed by atoms with E-state index in [2.05, 4.69) is 20.3 Å². The molecule has 10 nitrogen and oxygen atoms in total. The van der Waals surface area contributed by atoms with Crippen LogP contribution in [0.15, 0.2) is 58.8 Å². The Kier molecular flexibility index (Phi) is 4.51. The topological polar surface area (TPSA) is 117 Å². The molecule has 0 aliphatic heterocycles. The molecule has 0 bridgehead atoms. The molecule has 29 heavy (non-hydrogen) atoms. The van der Waals surface area contributed by atoms with Gasteiger partial charge in [-0.25, -0.2) is 19.7 Å². The summed E-state index contributed by atoms with van der Waals surface area (Å²) in [5.74, 6) is -0.324. The maximum atomic E-state index is 12.5. The van der Waals surface area contributed by atoms with Gasteiger partial charge < -0.3 is 9.88 Å². The molecule has 1 N–H and O–H groups in total. The zero-order valence-corrected chi connectivity index (χ0v) is 15.7. The fraction of sp³-hybridized carbons (Fsp3) is 0.158. The molecular weight excluding hydrogens is 374 g/mol. The van der Waals surface area contributed by atoms with E-state index in [1.54, 1.807) is 24.4 Å². The highest BCUT2D eigenvalue weighted by Gasteiger charge is 2.16.